The van der Waals surface area contributed by atoms with E-state index in [-0.39, 0.29) is 5.91 Å². The number of ether oxygens (including phenoxy) is 1. The standard InChI is InChI=1S/C20H33N3O2/c1-5-23-15(2)14-19(17(23)4)20(24)22-8-6-18(7-9-22)16(3)21-10-12-25-13-11-21/h14,16,18H,5-13H2,1-4H3/t16-/m1/s1. The molecule has 3 rings (SSSR count). The van der Waals surface area contributed by atoms with Crippen LogP contribution < -0.4 is 0 Å². The zero-order valence-corrected chi connectivity index (χ0v) is 16.3. The first-order valence-electron chi connectivity index (χ1n) is 9.80. The number of likely N-dealkylation sites (tertiary alicyclic amines) is 1. The van der Waals surface area contributed by atoms with Crippen molar-refractivity contribution in [2.75, 3.05) is 39.4 Å². The zero-order valence-electron chi connectivity index (χ0n) is 16.3. The Morgan fingerprint density at radius 3 is 2.40 bits per heavy atom. The van der Waals surface area contributed by atoms with Crippen molar-refractivity contribution < 1.29 is 9.53 Å². The van der Waals surface area contributed by atoms with E-state index in [0.29, 0.717) is 12.0 Å². The molecule has 0 saturated carbocycles. The summed E-state index contributed by atoms with van der Waals surface area (Å²) in [5, 5.41) is 0. The van der Waals surface area contributed by atoms with Crippen LogP contribution in [-0.4, -0.2) is 65.7 Å². The van der Waals surface area contributed by atoms with Crippen molar-refractivity contribution in [1.82, 2.24) is 14.4 Å². The number of amides is 1. The summed E-state index contributed by atoms with van der Waals surface area (Å²) in [6.07, 6.45) is 2.22. The number of aryl methyl sites for hydroxylation is 1. The summed E-state index contributed by atoms with van der Waals surface area (Å²) in [5.74, 6) is 0.899. The van der Waals surface area contributed by atoms with Gasteiger partial charge in [0.05, 0.1) is 18.8 Å². The van der Waals surface area contributed by atoms with Crippen LogP contribution in [0.3, 0.4) is 0 Å². The van der Waals surface area contributed by atoms with Gasteiger partial charge in [-0.3, -0.25) is 9.69 Å². The van der Waals surface area contributed by atoms with Gasteiger partial charge in [-0.25, -0.2) is 0 Å². The highest BCUT2D eigenvalue weighted by Crippen LogP contribution is 2.26. The normalized spacial score (nSPS) is 21.5. The molecule has 3 heterocycles. The van der Waals surface area contributed by atoms with Crippen molar-refractivity contribution in [1.29, 1.82) is 0 Å². The average Bonchev–Trinajstić information content (AvgIpc) is 2.95. The Bertz CT molecular complexity index is 596. The van der Waals surface area contributed by atoms with E-state index < -0.39 is 0 Å². The summed E-state index contributed by atoms with van der Waals surface area (Å²) in [6.45, 7) is 15.1. The number of rotatable bonds is 4. The lowest BCUT2D eigenvalue weighted by atomic mass is 9.89. The van der Waals surface area contributed by atoms with E-state index >= 15 is 0 Å². The summed E-state index contributed by atoms with van der Waals surface area (Å²) < 4.78 is 7.69. The largest absolute Gasteiger partial charge is 0.379 e. The molecule has 0 radical (unpaired) electrons. The summed E-state index contributed by atoms with van der Waals surface area (Å²) in [5.41, 5.74) is 3.17. The lowest BCUT2D eigenvalue weighted by Crippen LogP contribution is -2.49. The van der Waals surface area contributed by atoms with Gasteiger partial charge in [0.25, 0.3) is 5.91 Å². The van der Waals surface area contributed by atoms with E-state index in [1.807, 2.05) is 0 Å². The molecule has 0 spiro atoms. The second-order valence-electron chi connectivity index (χ2n) is 7.55. The minimum absolute atomic E-state index is 0.213. The summed E-state index contributed by atoms with van der Waals surface area (Å²) in [7, 11) is 0. The van der Waals surface area contributed by atoms with E-state index in [9.17, 15) is 4.79 Å². The fraction of sp³-hybridized carbons (Fsp3) is 0.750. The van der Waals surface area contributed by atoms with Crippen LogP contribution >= 0.6 is 0 Å². The maximum absolute atomic E-state index is 13.0. The molecule has 0 unspecified atom stereocenters. The van der Waals surface area contributed by atoms with Crippen LogP contribution in [0.2, 0.25) is 0 Å². The maximum atomic E-state index is 13.0. The quantitative estimate of drug-likeness (QED) is 0.840. The topological polar surface area (TPSA) is 37.7 Å². The first-order chi connectivity index (χ1) is 12.0. The minimum Gasteiger partial charge on any atom is -0.379 e. The number of piperidine rings is 1. The Labute approximate surface area is 151 Å². The number of carbonyl (C=O) groups is 1. The molecule has 2 fully saturated rings. The van der Waals surface area contributed by atoms with Crippen LogP contribution in [0.4, 0.5) is 0 Å². The predicted molar refractivity (Wildman–Crippen MR) is 100 cm³/mol. The highest BCUT2D eigenvalue weighted by atomic mass is 16.5. The molecule has 2 aliphatic heterocycles. The van der Waals surface area contributed by atoms with Gasteiger partial charge in [0, 0.05) is 50.2 Å². The number of aromatic nitrogens is 1. The highest BCUT2D eigenvalue weighted by molar-refractivity contribution is 5.95. The number of morpholine rings is 1. The first kappa shape index (κ1) is 18.5. The number of hydrogen-bond acceptors (Lipinski definition) is 3. The number of nitrogens with zero attached hydrogens (tertiary/aromatic N) is 3. The van der Waals surface area contributed by atoms with Crippen LogP contribution in [0.1, 0.15) is 48.4 Å². The van der Waals surface area contributed by atoms with Gasteiger partial charge in [0.15, 0.2) is 0 Å². The van der Waals surface area contributed by atoms with Crippen molar-refractivity contribution >= 4 is 5.91 Å². The molecular formula is C20H33N3O2. The van der Waals surface area contributed by atoms with Gasteiger partial charge >= 0.3 is 0 Å². The molecule has 140 valence electrons. The molecule has 2 saturated heterocycles. The minimum atomic E-state index is 0.213. The van der Waals surface area contributed by atoms with Crippen molar-refractivity contribution in [3.05, 3.63) is 23.0 Å². The van der Waals surface area contributed by atoms with Gasteiger partial charge in [-0.1, -0.05) is 0 Å². The lowest BCUT2D eigenvalue weighted by molar-refractivity contribution is -0.000955. The van der Waals surface area contributed by atoms with Crippen LogP contribution in [0.15, 0.2) is 6.07 Å². The Morgan fingerprint density at radius 2 is 1.84 bits per heavy atom. The van der Waals surface area contributed by atoms with Crippen LogP contribution in [-0.2, 0) is 11.3 Å². The second kappa shape index (κ2) is 7.92. The van der Waals surface area contributed by atoms with Gasteiger partial charge in [-0.15, -0.1) is 0 Å². The molecular weight excluding hydrogens is 314 g/mol. The number of hydrogen-bond donors (Lipinski definition) is 0. The van der Waals surface area contributed by atoms with Crippen molar-refractivity contribution in [2.45, 2.75) is 53.1 Å². The molecule has 2 aliphatic rings. The van der Waals surface area contributed by atoms with Crippen LogP contribution in [0, 0.1) is 19.8 Å². The Morgan fingerprint density at radius 1 is 1.20 bits per heavy atom. The van der Waals surface area contributed by atoms with Gasteiger partial charge in [0.1, 0.15) is 0 Å². The molecule has 25 heavy (non-hydrogen) atoms. The van der Waals surface area contributed by atoms with E-state index in [4.69, 9.17) is 4.74 Å². The van der Waals surface area contributed by atoms with Gasteiger partial charge in [0.2, 0.25) is 0 Å². The molecule has 5 heteroatoms. The van der Waals surface area contributed by atoms with Crippen molar-refractivity contribution in [3.8, 4) is 0 Å². The summed E-state index contributed by atoms with van der Waals surface area (Å²) >= 11 is 0. The van der Waals surface area contributed by atoms with Crippen molar-refractivity contribution in [3.63, 3.8) is 0 Å². The van der Waals surface area contributed by atoms with E-state index in [0.717, 1.165) is 70.0 Å². The van der Waals surface area contributed by atoms with E-state index in [1.54, 1.807) is 0 Å². The Hall–Kier alpha value is -1.33. The lowest BCUT2D eigenvalue weighted by Gasteiger charge is -2.41. The van der Waals surface area contributed by atoms with E-state index in [1.165, 1.54) is 5.69 Å². The fourth-order valence-electron chi connectivity index (χ4n) is 4.54. The summed E-state index contributed by atoms with van der Waals surface area (Å²) in [6, 6.07) is 2.65. The molecule has 1 aromatic rings. The molecule has 0 bridgehead atoms. The third-order valence-electron chi connectivity index (χ3n) is 6.25. The smallest absolute Gasteiger partial charge is 0.255 e. The second-order valence-corrected chi connectivity index (χ2v) is 7.55. The van der Waals surface area contributed by atoms with Gasteiger partial charge < -0.3 is 14.2 Å². The predicted octanol–water partition coefficient (Wildman–Crippen LogP) is 2.70. The summed E-state index contributed by atoms with van der Waals surface area (Å²) in [4.78, 5) is 17.6. The highest BCUT2D eigenvalue weighted by Gasteiger charge is 2.31. The van der Waals surface area contributed by atoms with Crippen LogP contribution in [0.5, 0.6) is 0 Å². The van der Waals surface area contributed by atoms with E-state index in [2.05, 4.69) is 48.1 Å². The third kappa shape index (κ3) is 3.77. The zero-order chi connectivity index (χ0) is 18.0. The molecule has 5 nitrogen and oxygen atoms in total. The molecule has 0 aliphatic carbocycles. The van der Waals surface area contributed by atoms with Crippen LogP contribution in [0.25, 0.3) is 0 Å². The average molecular weight is 348 g/mol. The monoisotopic (exact) mass is 347 g/mol. The Kier molecular flexibility index (Phi) is 5.85. The SMILES string of the molecule is CCn1c(C)cc(C(=O)N2CCC([C@@H](C)N3CCOCC3)CC2)c1C. The maximum Gasteiger partial charge on any atom is 0.255 e. The molecule has 1 atom stereocenters. The molecule has 1 aromatic heterocycles. The fourth-order valence-corrected chi connectivity index (χ4v) is 4.54. The third-order valence-corrected chi connectivity index (χ3v) is 6.25. The molecule has 0 aromatic carbocycles. The van der Waals surface area contributed by atoms with Crippen molar-refractivity contribution in [2.24, 2.45) is 5.92 Å². The molecule has 1 amide bonds. The van der Waals surface area contributed by atoms with Gasteiger partial charge in [-0.05, 0) is 52.5 Å². The molecule has 0 N–H and O–H groups in total. The number of carbonyl (C=O) groups excluding carboxylic acids is 1. The first-order valence-corrected chi connectivity index (χ1v) is 9.80. The van der Waals surface area contributed by atoms with Gasteiger partial charge in [-0.2, -0.15) is 0 Å². The Balaban J connectivity index is 1.59.